The summed E-state index contributed by atoms with van der Waals surface area (Å²) >= 11 is 4.94. The van der Waals surface area contributed by atoms with Crippen LogP contribution in [-0.2, 0) is 12.0 Å². The third-order valence-electron chi connectivity index (χ3n) is 3.60. The molecule has 3 rings (SSSR count). The molecule has 136 valence electrons. The molecule has 0 aliphatic carbocycles. The Morgan fingerprint density at radius 3 is 2.62 bits per heavy atom. The summed E-state index contributed by atoms with van der Waals surface area (Å²) in [6.07, 6.45) is 1.67. The molecule has 5 nitrogen and oxygen atoms in total. The van der Waals surface area contributed by atoms with Crippen LogP contribution in [-0.4, -0.2) is 20.7 Å². The van der Waals surface area contributed by atoms with Crippen LogP contribution in [0.3, 0.4) is 0 Å². The summed E-state index contributed by atoms with van der Waals surface area (Å²) in [7, 11) is 0. The van der Waals surface area contributed by atoms with Gasteiger partial charge in [-0.1, -0.05) is 20.8 Å². The summed E-state index contributed by atoms with van der Waals surface area (Å²) in [4.78, 5) is 17.0. The van der Waals surface area contributed by atoms with Gasteiger partial charge in [0.2, 0.25) is 0 Å². The molecule has 0 radical (unpaired) electrons. The smallest absolute Gasteiger partial charge is 0.273 e. The van der Waals surface area contributed by atoms with Gasteiger partial charge in [-0.25, -0.2) is 14.1 Å². The van der Waals surface area contributed by atoms with Gasteiger partial charge in [0.15, 0.2) is 5.69 Å². The number of rotatable bonds is 4. The average Bonchev–Trinajstić information content (AvgIpc) is 3.20. The maximum absolute atomic E-state index is 13.0. The van der Waals surface area contributed by atoms with E-state index in [-0.39, 0.29) is 22.8 Å². The van der Waals surface area contributed by atoms with Gasteiger partial charge in [-0.15, -0.1) is 11.3 Å². The first kappa shape index (κ1) is 18.7. The van der Waals surface area contributed by atoms with Gasteiger partial charge in [-0.05, 0) is 40.2 Å². The van der Waals surface area contributed by atoms with Crippen LogP contribution >= 0.6 is 27.3 Å². The minimum absolute atomic E-state index is 0.0100. The first-order chi connectivity index (χ1) is 12.2. The third kappa shape index (κ3) is 4.19. The molecule has 0 fully saturated rings. The van der Waals surface area contributed by atoms with Crippen molar-refractivity contribution in [2.75, 3.05) is 0 Å². The van der Waals surface area contributed by atoms with Gasteiger partial charge in [0.25, 0.3) is 5.91 Å². The van der Waals surface area contributed by atoms with Gasteiger partial charge in [-0.2, -0.15) is 5.10 Å². The number of thiazole rings is 1. The largest absolute Gasteiger partial charge is 0.345 e. The molecule has 1 N–H and O–H groups in total. The van der Waals surface area contributed by atoms with E-state index in [1.165, 1.54) is 16.8 Å². The highest BCUT2D eigenvalue weighted by Crippen LogP contribution is 2.25. The molecule has 2 aromatic heterocycles. The van der Waals surface area contributed by atoms with Crippen LogP contribution in [0.4, 0.5) is 4.39 Å². The van der Waals surface area contributed by atoms with Gasteiger partial charge >= 0.3 is 0 Å². The molecule has 26 heavy (non-hydrogen) atoms. The summed E-state index contributed by atoms with van der Waals surface area (Å²) in [5, 5.41) is 10.1. The Hall–Kier alpha value is -2.06. The van der Waals surface area contributed by atoms with E-state index in [1.807, 2.05) is 5.38 Å². The molecule has 0 bridgehead atoms. The number of aromatic nitrogens is 3. The van der Waals surface area contributed by atoms with Crippen molar-refractivity contribution in [3.05, 3.63) is 62.5 Å². The molecule has 0 aliphatic heterocycles. The molecular formula is C18H18BrFN4OS. The molecule has 0 atom stereocenters. The summed E-state index contributed by atoms with van der Waals surface area (Å²) in [5.74, 6) is -0.626. The Kier molecular flexibility index (Phi) is 5.24. The molecule has 3 aromatic rings. The van der Waals surface area contributed by atoms with Gasteiger partial charge in [0, 0.05) is 17.0 Å². The standard InChI is InChI=1S/C18H18BrFN4OS/c1-18(2,3)17-22-12(10-26-17)8-21-16(25)15-14(19)9-24(23-15)13-6-4-11(20)5-7-13/h4-7,9-10H,8H2,1-3H3,(H,21,25). The van der Waals surface area contributed by atoms with Crippen molar-refractivity contribution in [3.63, 3.8) is 0 Å². The third-order valence-corrected chi connectivity index (χ3v) is 5.50. The quantitative estimate of drug-likeness (QED) is 0.656. The highest BCUT2D eigenvalue weighted by Gasteiger charge is 2.19. The molecule has 8 heteroatoms. The maximum atomic E-state index is 13.0. The Balaban J connectivity index is 1.70. The lowest BCUT2D eigenvalue weighted by atomic mass is 9.98. The summed E-state index contributed by atoms with van der Waals surface area (Å²) in [5.41, 5.74) is 1.74. The van der Waals surface area contributed by atoms with E-state index in [2.05, 4.69) is 52.1 Å². The number of amides is 1. The second-order valence-electron chi connectivity index (χ2n) is 6.82. The zero-order valence-electron chi connectivity index (χ0n) is 14.6. The van der Waals surface area contributed by atoms with E-state index in [0.29, 0.717) is 16.7 Å². The highest BCUT2D eigenvalue weighted by molar-refractivity contribution is 9.10. The highest BCUT2D eigenvalue weighted by atomic mass is 79.9. The molecule has 1 amide bonds. The topological polar surface area (TPSA) is 59.8 Å². The van der Waals surface area contributed by atoms with Crippen LogP contribution in [0, 0.1) is 5.82 Å². The normalized spacial score (nSPS) is 11.6. The number of carbonyl (C=O) groups excluding carboxylic acids is 1. The lowest BCUT2D eigenvalue weighted by Crippen LogP contribution is -2.24. The van der Waals surface area contributed by atoms with E-state index in [0.717, 1.165) is 10.7 Å². The van der Waals surface area contributed by atoms with Crippen molar-refractivity contribution in [2.45, 2.75) is 32.7 Å². The van der Waals surface area contributed by atoms with Crippen LogP contribution in [0.5, 0.6) is 0 Å². The van der Waals surface area contributed by atoms with Gasteiger partial charge in [0.1, 0.15) is 5.82 Å². The van der Waals surface area contributed by atoms with Gasteiger partial charge in [-0.3, -0.25) is 4.79 Å². The fourth-order valence-electron chi connectivity index (χ4n) is 2.22. The van der Waals surface area contributed by atoms with E-state index < -0.39 is 0 Å². The fraction of sp³-hybridized carbons (Fsp3) is 0.278. The van der Waals surface area contributed by atoms with Gasteiger partial charge in [0.05, 0.1) is 27.4 Å². The monoisotopic (exact) mass is 436 g/mol. The SMILES string of the molecule is CC(C)(C)c1nc(CNC(=O)c2nn(-c3ccc(F)cc3)cc2Br)cs1. The maximum Gasteiger partial charge on any atom is 0.273 e. The molecule has 0 aliphatic rings. The molecule has 0 spiro atoms. The second-order valence-corrected chi connectivity index (χ2v) is 8.54. The zero-order valence-corrected chi connectivity index (χ0v) is 17.0. The van der Waals surface area contributed by atoms with Crippen LogP contribution < -0.4 is 5.32 Å². The first-order valence-corrected chi connectivity index (χ1v) is 9.65. The Labute approximate surface area is 163 Å². The van der Waals surface area contributed by atoms with E-state index in [9.17, 15) is 9.18 Å². The number of halogens is 2. The van der Waals surface area contributed by atoms with Crippen LogP contribution in [0.2, 0.25) is 0 Å². The predicted molar refractivity (Wildman–Crippen MR) is 103 cm³/mol. The Morgan fingerprint density at radius 1 is 1.31 bits per heavy atom. The zero-order chi connectivity index (χ0) is 18.9. The number of nitrogens with zero attached hydrogens (tertiary/aromatic N) is 3. The predicted octanol–water partition coefficient (Wildman–Crippen LogP) is 4.46. The lowest BCUT2D eigenvalue weighted by molar-refractivity contribution is 0.0944. The summed E-state index contributed by atoms with van der Waals surface area (Å²) in [6, 6.07) is 5.89. The molecule has 1 aromatic carbocycles. The molecule has 2 heterocycles. The number of hydrogen-bond acceptors (Lipinski definition) is 4. The number of carbonyl (C=O) groups is 1. The summed E-state index contributed by atoms with van der Waals surface area (Å²) < 4.78 is 15.1. The number of hydrogen-bond donors (Lipinski definition) is 1. The molecule has 0 unspecified atom stereocenters. The molecular weight excluding hydrogens is 419 g/mol. The first-order valence-electron chi connectivity index (χ1n) is 7.98. The van der Waals surface area contributed by atoms with Crippen molar-refractivity contribution in [1.29, 1.82) is 0 Å². The number of nitrogens with one attached hydrogen (secondary N) is 1. The Morgan fingerprint density at radius 2 is 2.00 bits per heavy atom. The fourth-order valence-corrected chi connectivity index (χ4v) is 3.58. The average molecular weight is 437 g/mol. The minimum atomic E-state index is -0.323. The number of benzene rings is 1. The van der Waals surface area contributed by atoms with E-state index in [1.54, 1.807) is 29.7 Å². The Bertz CT molecular complexity index is 928. The lowest BCUT2D eigenvalue weighted by Gasteiger charge is -2.13. The van der Waals surface area contributed by atoms with E-state index in [4.69, 9.17) is 0 Å². The van der Waals surface area contributed by atoms with E-state index >= 15 is 0 Å². The van der Waals surface area contributed by atoms with Crippen molar-refractivity contribution < 1.29 is 9.18 Å². The molecule has 0 saturated carbocycles. The molecule has 0 saturated heterocycles. The van der Waals surface area contributed by atoms with Crippen LogP contribution in [0.15, 0.2) is 40.3 Å². The van der Waals surface area contributed by atoms with Crippen molar-refractivity contribution in [3.8, 4) is 5.69 Å². The van der Waals surface area contributed by atoms with Crippen molar-refractivity contribution >= 4 is 33.2 Å². The van der Waals surface area contributed by atoms with Crippen LogP contribution in [0.25, 0.3) is 5.69 Å². The van der Waals surface area contributed by atoms with Crippen molar-refractivity contribution in [1.82, 2.24) is 20.1 Å². The minimum Gasteiger partial charge on any atom is -0.345 e. The summed E-state index contributed by atoms with van der Waals surface area (Å²) in [6.45, 7) is 6.65. The van der Waals surface area contributed by atoms with Crippen molar-refractivity contribution in [2.24, 2.45) is 0 Å². The van der Waals surface area contributed by atoms with Gasteiger partial charge < -0.3 is 5.32 Å². The van der Waals surface area contributed by atoms with Crippen LogP contribution in [0.1, 0.15) is 42.0 Å². The second kappa shape index (κ2) is 7.28.